The third-order valence-electron chi connectivity index (χ3n) is 3.14. The molecule has 1 unspecified atom stereocenters. The van der Waals surface area contributed by atoms with Crippen LogP contribution in [-0.4, -0.2) is 20.7 Å². The van der Waals surface area contributed by atoms with Crippen LogP contribution in [0.25, 0.3) is 0 Å². The summed E-state index contributed by atoms with van der Waals surface area (Å²) in [7, 11) is 3.64. The minimum absolute atomic E-state index is 0.0512. The smallest absolute Gasteiger partial charge is 0.183 e. The van der Waals surface area contributed by atoms with Crippen LogP contribution in [0, 0.1) is 0 Å². The summed E-state index contributed by atoms with van der Waals surface area (Å²) < 4.78 is 12.5. The fourth-order valence-corrected chi connectivity index (χ4v) is 2.61. The first kappa shape index (κ1) is 15.4. The summed E-state index contributed by atoms with van der Waals surface area (Å²) in [6.07, 6.45) is 0. The van der Waals surface area contributed by atoms with Gasteiger partial charge in [0.1, 0.15) is 11.5 Å². The second-order valence-electron chi connectivity index (χ2n) is 4.33. The van der Waals surface area contributed by atoms with E-state index in [1.165, 1.54) is 0 Å². The fraction of sp³-hybridized carbons (Fsp3) is 0.286. The zero-order chi connectivity index (χ0) is 14.7. The molecule has 2 rings (SSSR count). The van der Waals surface area contributed by atoms with Crippen molar-refractivity contribution in [2.45, 2.75) is 6.04 Å². The number of rotatable bonds is 5. The highest BCUT2D eigenvalue weighted by atomic mass is 79.9. The summed E-state index contributed by atoms with van der Waals surface area (Å²) >= 11 is 6.77. The van der Waals surface area contributed by atoms with Gasteiger partial charge in [0, 0.05) is 25.3 Å². The minimum Gasteiger partial charge on any atom is -0.497 e. The Morgan fingerprint density at radius 3 is 2.65 bits per heavy atom. The van der Waals surface area contributed by atoms with Crippen molar-refractivity contribution in [1.29, 1.82) is 0 Å². The van der Waals surface area contributed by atoms with Gasteiger partial charge in [0.2, 0.25) is 0 Å². The number of hydrogen-bond donors (Lipinski definition) is 1. The summed E-state index contributed by atoms with van der Waals surface area (Å²) in [6.45, 7) is 0.445. The minimum atomic E-state index is -0.0512. The number of anilines is 1. The van der Waals surface area contributed by atoms with Gasteiger partial charge in [-0.1, -0.05) is 6.07 Å². The van der Waals surface area contributed by atoms with E-state index in [-0.39, 0.29) is 6.04 Å². The molecule has 0 aliphatic rings. The number of hydrogen-bond acceptors (Lipinski definition) is 4. The van der Waals surface area contributed by atoms with Gasteiger partial charge in [-0.3, -0.25) is 0 Å². The fourth-order valence-electron chi connectivity index (χ4n) is 2.00. The molecule has 6 heteroatoms. The zero-order valence-corrected chi connectivity index (χ0v) is 14.4. The van der Waals surface area contributed by atoms with Gasteiger partial charge in [-0.15, -0.1) is 0 Å². The van der Waals surface area contributed by atoms with Crippen molar-refractivity contribution in [3.63, 3.8) is 0 Å². The van der Waals surface area contributed by atoms with Gasteiger partial charge in [0.25, 0.3) is 0 Å². The molecule has 0 radical (unpaired) electrons. The van der Waals surface area contributed by atoms with E-state index in [1.54, 1.807) is 7.11 Å². The number of nitrogens with two attached hydrogens (primary N) is 1. The van der Waals surface area contributed by atoms with Crippen molar-refractivity contribution in [1.82, 2.24) is 0 Å². The monoisotopic (exact) mass is 402 g/mol. The maximum Gasteiger partial charge on any atom is 0.183 e. The molecule has 20 heavy (non-hydrogen) atoms. The lowest BCUT2D eigenvalue weighted by atomic mass is 10.1. The van der Waals surface area contributed by atoms with Crippen LogP contribution in [0.2, 0.25) is 0 Å². The standard InChI is InChI=1S/C14H16Br2N2O2/c1-18(9-4-3-5-10(6-9)19-2)12(8-17)13-7-11(15)14(16)20-13/h3-7,12H,8,17H2,1-2H3. The average Bonchev–Trinajstić information content (AvgIpc) is 2.79. The normalized spacial score (nSPS) is 12.2. The van der Waals surface area contributed by atoms with Crippen molar-refractivity contribution in [3.8, 4) is 5.75 Å². The van der Waals surface area contributed by atoms with Crippen LogP contribution in [0.4, 0.5) is 5.69 Å². The predicted molar refractivity (Wildman–Crippen MR) is 87.3 cm³/mol. The maximum absolute atomic E-state index is 5.91. The molecule has 0 spiro atoms. The Bertz CT molecular complexity index is 567. The average molecular weight is 404 g/mol. The lowest BCUT2D eigenvalue weighted by molar-refractivity contribution is 0.414. The van der Waals surface area contributed by atoms with Crippen molar-refractivity contribution < 1.29 is 9.15 Å². The lowest BCUT2D eigenvalue weighted by Crippen LogP contribution is -2.30. The summed E-state index contributed by atoms with van der Waals surface area (Å²) in [4.78, 5) is 2.07. The molecule has 4 nitrogen and oxygen atoms in total. The molecule has 1 aromatic heterocycles. The van der Waals surface area contributed by atoms with Crippen LogP contribution >= 0.6 is 31.9 Å². The van der Waals surface area contributed by atoms with E-state index in [1.807, 2.05) is 37.4 Å². The molecule has 0 saturated carbocycles. The molecule has 0 aliphatic carbocycles. The van der Waals surface area contributed by atoms with Crippen LogP contribution < -0.4 is 15.4 Å². The molecule has 2 N–H and O–H groups in total. The molecule has 1 atom stereocenters. The topological polar surface area (TPSA) is 51.6 Å². The van der Waals surface area contributed by atoms with Crippen molar-refractivity contribution >= 4 is 37.5 Å². The molecule has 0 saturated heterocycles. The van der Waals surface area contributed by atoms with E-state index in [4.69, 9.17) is 14.9 Å². The first-order chi connectivity index (χ1) is 9.56. The number of halogens is 2. The molecular formula is C14H16Br2N2O2. The third kappa shape index (κ3) is 3.19. The van der Waals surface area contributed by atoms with Gasteiger partial charge in [0.15, 0.2) is 4.67 Å². The number of likely N-dealkylation sites (N-methyl/N-ethyl adjacent to an activating group) is 1. The Labute approximate surface area is 135 Å². The van der Waals surface area contributed by atoms with Gasteiger partial charge < -0.3 is 19.8 Å². The van der Waals surface area contributed by atoms with Gasteiger partial charge in [-0.05, 0) is 50.1 Å². The van der Waals surface area contributed by atoms with Gasteiger partial charge >= 0.3 is 0 Å². The van der Waals surface area contributed by atoms with E-state index in [0.717, 1.165) is 21.7 Å². The Morgan fingerprint density at radius 2 is 2.10 bits per heavy atom. The summed E-state index contributed by atoms with van der Waals surface area (Å²) in [5, 5.41) is 0. The first-order valence-corrected chi connectivity index (χ1v) is 7.67. The number of furan rings is 1. The quantitative estimate of drug-likeness (QED) is 0.821. The highest BCUT2D eigenvalue weighted by Crippen LogP contribution is 2.33. The Kier molecular flexibility index (Phi) is 5.12. The van der Waals surface area contributed by atoms with E-state index < -0.39 is 0 Å². The largest absolute Gasteiger partial charge is 0.497 e. The maximum atomic E-state index is 5.91. The zero-order valence-electron chi connectivity index (χ0n) is 11.3. The predicted octanol–water partition coefficient (Wildman–Crippen LogP) is 3.95. The van der Waals surface area contributed by atoms with Crippen LogP contribution in [-0.2, 0) is 0 Å². The Morgan fingerprint density at radius 1 is 1.35 bits per heavy atom. The second kappa shape index (κ2) is 6.65. The van der Waals surface area contributed by atoms with Crippen LogP contribution in [0.15, 0.2) is 43.9 Å². The number of nitrogens with zero attached hydrogens (tertiary/aromatic N) is 1. The molecule has 1 heterocycles. The third-order valence-corrected chi connectivity index (χ3v) is 4.85. The molecule has 0 bridgehead atoms. The van der Waals surface area contributed by atoms with E-state index >= 15 is 0 Å². The van der Waals surface area contributed by atoms with Crippen LogP contribution in [0.3, 0.4) is 0 Å². The van der Waals surface area contributed by atoms with Crippen molar-refractivity contribution in [2.24, 2.45) is 5.73 Å². The molecule has 108 valence electrons. The van der Waals surface area contributed by atoms with Crippen molar-refractivity contribution in [3.05, 3.63) is 45.2 Å². The van der Waals surface area contributed by atoms with E-state index in [9.17, 15) is 0 Å². The highest BCUT2D eigenvalue weighted by Gasteiger charge is 2.21. The van der Waals surface area contributed by atoms with Crippen LogP contribution in [0.1, 0.15) is 11.8 Å². The summed E-state index contributed by atoms with van der Waals surface area (Å²) in [5.41, 5.74) is 6.93. The van der Waals surface area contributed by atoms with E-state index in [0.29, 0.717) is 11.2 Å². The number of methoxy groups -OCH3 is 1. The second-order valence-corrected chi connectivity index (χ2v) is 5.91. The summed E-state index contributed by atoms with van der Waals surface area (Å²) in [6, 6.07) is 9.72. The molecule has 1 aromatic carbocycles. The number of ether oxygens (including phenoxy) is 1. The van der Waals surface area contributed by atoms with Gasteiger partial charge in [-0.2, -0.15) is 0 Å². The Balaban J connectivity index is 2.30. The molecular weight excluding hydrogens is 388 g/mol. The Hall–Kier alpha value is -0.980. The first-order valence-electron chi connectivity index (χ1n) is 6.08. The number of benzene rings is 1. The SMILES string of the molecule is COc1cccc(N(C)C(CN)c2cc(Br)c(Br)o2)c1. The summed E-state index contributed by atoms with van der Waals surface area (Å²) in [5.74, 6) is 1.61. The van der Waals surface area contributed by atoms with Crippen LogP contribution in [0.5, 0.6) is 5.75 Å². The molecule has 0 amide bonds. The van der Waals surface area contributed by atoms with Crippen molar-refractivity contribution in [2.75, 3.05) is 25.6 Å². The van der Waals surface area contributed by atoms with E-state index in [2.05, 4.69) is 36.8 Å². The van der Waals surface area contributed by atoms with Gasteiger partial charge in [0.05, 0.1) is 17.6 Å². The lowest BCUT2D eigenvalue weighted by Gasteiger charge is -2.27. The molecule has 0 aliphatic heterocycles. The molecule has 2 aromatic rings. The molecule has 0 fully saturated rings. The van der Waals surface area contributed by atoms with Gasteiger partial charge in [-0.25, -0.2) is 0 Å². The highest BCUT2D eigenvalue weighted by molar-refractivity contribution is 9.13.